The van der Waals surface area contributed by atoms with E-state index >= 15 is 0 Å². The maximum atomic E-state index is 12.8. The summed E-state index contributed by atoms with van der Waals surface area (Å²) in [4.78, 5) is 59.9. The third-order valence-corrected chi connectivity index (χ3v) is 4.94. The highest BCUT2D eigenvalue weighted by atomic mass is 16.4. The molecule has 14 nitrogen and oxygen atoms in total. The number of carbonyl (C=O) groups excluding carboxylic acids is 3. The Morgan fingerprint density at radius 1 is 0.765 bits per heavy atom. The van der Waals surface area contributed by atoms with Gasteiger partial charge >= 0.3 is 11.9 Å². The standard InChI is InChI=1S/C20H38N6O8/c1-11(27)16(26-17(30)12(23)6-2-4-8-21)19(32)24-13(7-3-5-9-22)18(31)25-14(20(33)34)10-15(28)29/h11-14,16,27H,2-10,21-23H2,1H3,(H,24,32)(H,25,31)(H,26,30)(H,28,29)(H,33,34). The fraction of sp³-hybridized carbons (Fsp3) is 0.750. The zero-order valence-corrected chi connectivity index (χ0v) is 19.4. The number of carboxylic acid groups (broad SMARTS) is 2. The van der Waals surface area contributed by atoms with Crippen LogP contribution in [-0.2, 0) is 24.0 Å². The van der Waals surface area contributed by atoms with Crippen LogP contribution in [0.4, 0.5) is 0 Å². The van der Waals surface area contributed by atoms with Crippen LogP contribution in [0.5, 0.6) is 0 Å². The van der Waals surface area contributed by atoms with Crippen LogP contribution in [0, 0.1) is 0 Å². The molecule has 0 saturated heterocycles. The van der Waals surface area contributed by atoms with E-state index in [-0.39, 0.29) is 6.42 Å². The number of aliphatic carboxylic acids is 2. The molecule has 0 aliphatic carbocycles. The Balaban J connectivity index is 5.38. The van der Waals surface area contributed by atoms with Gasteiger partial charge < -0.3 is 48.5 Å². The number of rotatable bonds is 18. The van der Waals surface area contributed by atoms with Crippen molar-refractivity contribution in [3.05, 3.63) is 0 Å². The number of amides is 3. The summed E-state index contributed by atoms with van der Waals surface area (Å²) in [5.74, 6) is -5.48. The number of unbranched alkanes of at least 4 members (excludes halogenated alkanes) is 2. The second-order valence-electron chi connectivity index (χ2n) is 7.96. The number of nitrogens with two attached hydrogens (primary N) is 3. The highest BCUT2D eigenvalue weighted by Gasteiger charge is 2.32. The van der Waals surface area contributed by atoms with Crippen molar-refractivity contribution in [3.8, 4) is 0 Å². The first-order chi connectivity index (χ1) is 15.9. The quantitative estimate of drug-likeness (QED) is 0.0872. The van der Waals surface area contributed by atoms with Gasteiger partial charge in [0.1, 0.15) is 18.1 Å². The van der Waals surface area contributed by atoms with Gasteiger partial charge in [-0.2, -0.15) is 0 Å². The molecule has 0 rings (SSSR count). The van der Waals surface area contributed by atoms with E-state index in [1.165, 1.54) is 6.92 Å². The molecular weight excluding hydrogens is 452 g/mol. The van der Waals surface area contributed by atoms with E-state index in [2.05, 4.69) is 16.0 Å². The maximum Gasteiger partial charge on any atom is 0.326 e. The average Bonchev–Trinajstić information content (AvgIpc) is 2.75. The average molecular weight is 491 g/mol. The third-order valence-electron chi connectivity index (χ3n) is 4.94. The van der Waals surface area contributed by atoms with Gasteiger partial charge in [0.2, 0.25) is 17.7 Å². The number of hydrogen-bond acceptors (Lipinski definition) is 9. The molecule has 0 aliphatic rings. The first-order valence-corrected chi connectivity index (χ1v) is 11.1. The lowest BCUT2D eigenvalue weighted by Crippen LogP contribution is -2.59. The Labute approximate surface area is 198 Å². The summed E-state index contributed by atoms with van der Waals surface area (Å²) in [6, 6.07) is -5.34. The molecule has 3 amide bonds. The van der Waals surface area contributed by atoms with Gasteiger partial charge in [0.05, 0.1) is 18.6 Å². The van der Waals surface area contributed by atoms with E-state index in [0.29, 0.717) is 45.2 Å². The van der Waals surface area contributed by atoms with Gasteiger partial charge in [0, 0.05) is 0 Å². The van der Waals surface area contributed by atoms with Crippen molar-refractivity contribution in [1.29, 1.82) is 0 Å². The van der Waals surface area contributed by atoms with Crippen LogP contribution in [0.25, 0.3) is 0 Å². The summed E-state index contributed by atoms with van der Waals surface area (Å²) in [7, 11) is 0. The lowest BCUT2D eigenvalue weighted by Gasteiger charge is -2.26. The number of nitrogens with one attached hydrogen (secondary N) is 3. The molecule has 0 bridgehead atoms. The minimum atomic E-state index is -1.71. The summed E-state index contributed by atoms with van der Waals surface area (Å²) < 4.78 is 0. The molecule has 12 N–H and O–H groups in total. The van der Waals surface area contributed by atoms with Crippen LogP contribution in [0.1, 0.15) is 51.9 Å². The predicted molar refractivity (Wildman–Crippen MR) is 121 cm³/mol. The molecule has 5 unspecified atom stereocenters. The molecule has 0 saturated carbocycles. The first-order valence-electron chi connectivity index (χ1n) is 11.1. The zero-order chi connectivity index (χ0) is 26.3. The molecular formula is C20H38N6O8. The van der Waals surface area contributed by atoms with Crippen molar-refractivity contribution < 1.29 is 39.3 Å². The number of carbonyl (C=O) groups is 5. The van der Waals surface area contributed by atoms with Crippen molar-refractivity contribution in [2.75, 3.05) is 13.1 Å². The minimum Gasteiger partial charge on any atom is -0.481 e. The molecule has 0 fully saturated rings. The maximum absolute atomic E-state index is 12.8. The highest BCUT2D eigenvalue weighted by molar-refractivity contribution is 5.94. The molecule has 14 heteroatoms. The summed E-state index contributed by atoms with van der Waals surface area (Å²) in [6.45, 7) is 2.02. The Kier molecular flexibility index (Phi) is 15.4. The van der Waals surface area contributed by atoms with Gasteiger partial charge in [-0.1, -0.05) is 6.42 Å². The SMILES string of the molecule is CC(O)C(NC(=O)C(N)CCCCN)C(=O)NC(CCCCN)C(=O)NC(CC(=O)O)C(=O)O. The molecule has 0 aromatic carbocycles. The third kappa shape index (κ3) is 12.4. The van der Waals surface area contributed by atoms with Crippen molar-refractivity contribution in [3.63, 3.8) is 0 Å². The van der Waals surface area contributed by atoms with Crippen LogP contribution >= 0.6 is 0 Å². The van der Waals surface area contributed by atoms with Gasteiger partial charge in [0.15, 0.2) is 0 Å². The molecule has 5 atom stereocenters. The van der Waals surface area contributed by atoms with Crippen LogP contribution in [0.15, 0.2) is 0 Å². The van der Waals surface area contributed by atoms with Crippen molar-refractivity contribution in [2.45, 2.75) is 82.1 Å². The van der Waals surface area contributed by atoms with Crippen LogP contribution in [0.2, 0.25) is 0 Å². The fourth-order valence-electron chi connectivity index (χ4n) is 2.98. The minimum absolute atomic E-state index is 0.0628. The Bertz CT molecular complexity index is 690. The Morgan fingerprint density at radius 3 is 1.76 bits per heavy atom. The van der Waals surface area contributed by atoms with Crippen molar-refractivity contribution >= 4 is 29.7 Å². The first kappa shape index (κ1) is 31.2. The largest absolute Gasteiger partial charge is 0.481 e. The van der Waals surface area contributed by atoms with E-state index in [1.54, 1.807) is 0 Å². The molecule has 0 aromatic rings. The number of aliphatic hydroxyl groups excluding tert-OH is 1. The predicted octanol–water partition coefficient (Wildman–Crippen LogP) is -3.03. The normalized spacial score (nSPS) is 15.3. The van der Waals surface area contributed by atoms with Crippen LogP contribution in [0.3, 0.4) is 0 Å². The second-order valence-corrected chi connectivity index (χ2v) is 7.96. The number of aliphatic hydroxyl groups is 1. The summed E-state index contributed by atoms with van der Waals surface area (Å²) in [5.41, 5.74) is 16.7. The molecule has 0 heterocycles. The molecule has 34 heavy (non-hydrogen) atoms. The van der Waals surface area contributed by atoms with E-state index in [1.807, 2.05) is 0 Å². The summed E-state index contributed by atoms with van der Waals surface area (Å²) >= 11 is 0. The van der Waals surface area contributed by atoms with Crippen LogP contribution in [-0.4, -0.2) is 88.3 Å². The lowest BCUT2D eigenvalue weighted by atomic mass is 10.0. The van der Waals surface area contributed by atoms with E-state index in [0.717, 1.165) is 0 Å². The van der Waals surface area contributed by atoms with Gasteiger partial charge in [-0.05, 0) is 52.1 Å². The number of carboxylic acids is 2. The van der Waals surface area contributed by atoms with Gasteiger partial charge in [0.25, 0.3) is 0 Å². The van der Waals surface area contributed by atoms with Crippen molar-refractivity contribution in [2.24, 2.45) is 17.2 Å². The molecule has 196 valence electrons. The van der Waals surface area contributed by atoms with Gasteiger partial charge in [-0.15, -0.1) is 0 Å². The number of hydrogen-bond donors (Lipinski definition) is 9. The molecule has 0 aliphatic heterocycles. The van der Waals surface area contributed by atoms with Crippen molar-refractivity contribution in [1.82, 2.24) is 16.0 Å². The van der Waals surface area contributed by atoms with Crippen LogP contribution < -0.4 is 33.2 Å². The fourth-order valence-corrected chi connectivity index (χ4v) is 2.98. The van der Waals surface area contributed by atoms with Gasteiger partial charge in [-0.25, -0.2) is 4.79 Å². The monoisotopic (exact) mass is 490 g/mol. The Hall–Kier alpha value is -2.81. The molecule has 0 spiro atoms. The second kappa shape index (κ2) is 16.7. The highest BCUT2D eigenvalue weighted by Crippen LogP contribution is 2.06. The summed E-state index contributed by atoms with van der Waals surface area (Å²) in [6.07, 6.45) is 0.343. The smallest absolute Gasteiger partial charge is 0.326 e. The summed E-state index contributed by atoms with van der Waals surface area (Å²) in [5, 5.41) is 34.9. The zero-order valence-electron chi connectivity index (χ0n) is 19.4. The van der Waals surface area contributed by atoms with E-state index in [4.69, 9.17) is 27.4 Å². The lowest BCUT2D eigenvalue weighted by molar-refractivity contribution is -0.147. The topological polar surface area (TPSA) is 260 Å². The molecule has 0 aromatic heterocycles. The van der Waals surface area contributed by atoms with E-state index in [9.17, 15) is 29.1 Å². The van der Waals surface area contributed by atoms with E-state index < -0.39 is 66.4 Å². The van der Waals surface area contributed by atoms with Gasteiger partial charge in [-0.3, -0.25) is 19.2 Å². The molecule has 0 radical (unpaired) electrons. The Morgan fingerprint density at radius 2 is 1.29 bits per heavy atom.